The summed E-state index contributed by atoms with van der Waals surface area (Å²) in [4.78, 5) is 0. The van der Waals surface area contributed by atoms with Gasteiger partial charge in [-0.05, 0) is 25.7 Å². The summed E-state index contributed by atoms with van der Waals surface area (Å²) in [6.45, 7) is 13.3. The molecule has 0 atom stereocenters. The normalized spacial score (nSPS) is 14.7. The number of allylic oxidation sites excluding steroid dienone is 4. The Morgan fingerprint density at radius 1 is 0.750 bits per heavy atom. The van der Waals surface area contributed by atoms with E-state index < -0.39 is 0 Å². The molecule has 0 saturated heterocycles. The molecule has 70 valence electrons. The Kier molecular flexibility index (Phi) is 4.96. The van der Waals surface area contributed by atoms with Crippen LogP contribution < -0.4 is 0 Å². The first-order chi connectivity index (χ1) is 5.45. The smallest absolute Gasteiger partial charge is 0.0260 e. The van der Waals surface area contributed by atoms with Crippen molar-refractivity contribution < 1.29 is 0 Å². The van der Waals surface area contributed by atoms with Gasteiger partial charge in [-0.1, -0.05) is 51.0 Å². The monoisotopic (exact) mass is 166 g/mol. The summed E-state index contributed by atoms with van der Waals surface area (Å²) in [5.74, 6) is 1.34. The van der Waals surface area contributed by atoms with Crippen LogP contribution in [0.1, 0.15) is 41.5 Å². The van der Waals surface area contributed by atoms with Crippen LogP contribution in [0.2, 0.25) is 0 Å². The molecule has 0 aromatic rings. The average Bonchev–Trinajstić information content (AvgIpc) is 1.98. The first-order valence-corrected chi connectivity index (χ1v) is 4.80. The van der Waals surface area contributed by atoms with E-state index in [4.69, 9.17) is 0 Å². The van der Waals surface area contributed by atoms with Gasteiger partial charge in [0.2, 0.25) is 0 Å². The lowest BCUT2D eigenvalue weighted by Crippen LogP contribution is -1.90. The SMILES string of the molecule is C/C(=C\C=C(/C)C(C)C)C(C)C. The molecule has 0 saturated carbocycles. The summed E-state index contributed by atoms with van der Waals surface area (Å²) in [6, 6.07) is 0. The van der Waals surface area contributed by atoms with E-state index in [1.54, 1.807) is 0 Å². The molecule has 0 aliphatic rings. The number of rotatable bonds is 3. The molecular formula is C12H22. The van der Waals surface area contributed by atoms with Gasteiger partial charge < -0.3 is 0 Å². The molecule has 0 spiro atoms. The molecule has 12 heavy (non-hydrogen) atoms. The lowest BCUT2D eigenvalue weighted by molar-refractivity contribution is 0.760. The topological polar surface area (TPSA) is 0 Å². The van der Waals surface area contributed by atoms with Crippen LogP contribution in [0.5, 0.6) is 0 Å². The molecule has 0 aliphatic carbocycles. The van der Waals surface area contributed by atoms with Crippen LogP contribution in [0.3, 0.4) is 0 Å². The molecule has 0 aromatic carbocycles. The highest BCUT2D eigenvalue weighted by Gasteiger charge is 1.96. The van der Waals surface area contributed by atoms with Gasteiger partial charge in [0.15, 0.2) is 0 Å². The van der Waals surface area contributed by atoms with Crippen molar-refractivity contribution in [1.82, 2.24) is 0 Å². The third kappa shape index (κ3) is 4.38. The van der Waals surface area contributed by atoms with E-state index >= 15 is 0 Å². The zero-order valence-corrected chi connectivity index (χ0v) is 9.31. The lowest BCUT2D eigenvalue weighted by Gasteiger charge is -2.05. The number of hydrogen-bond acceptors (Lipinski definition) is 0. The predicted molar refractivity (Wildman–Crippen MR) is 57.2 cm³/mol. The Morgan fingerprint density at radius 2 is 1.00 bits per heavy atom. The van der Waals surface area contributed by atoms with Gasteiger partial charge in [-0.3, -0.25) is 0 Å². The minimum absolute atomic E-state index is 0.668. The van der Waals surface area contributed by atoms with Gasteiger partial charge >= 0.3 is 0 Å². The molecule has 0 rings (SSSR count). The lowest BCUT2D eigenvalue weighted by atomic mass is 10.0. The summed E-state index contributed by atoms with van der Waals surface area (Å²) in [7, 11) is 0. The first-order valence-electron chi connectivity index (χ1n) is 4.80. The van der Waals surface area contributed by atoms with E-state index in [2.05, 4.69) is 53.7 Å². The molecule has 0 amide bonds. The fraction of sp³-hybridized carbons (Fsp3) is 0.667. The van der Waals surface area contributed by atoms with Crippen molar-refractivity contribution in [3.63, 3.8) is 0 Å². The van der Waals surface area contributed by atoms with Crippen LogP contribution in [-0.2, 0) is 0 Å². The third-order valence-corrected chi connectivity index (χ3v) is 2.43. The quantitative estimate of drug-likeness (QED) is 0.551. The van der Waals surface area contributed by atoms with E-state index in [1.165, 1.54) is 11.1 Å². The maximum Gasteiger partial charge on any atom is -0.0260 e. The summed E-state index contributed by atoms with van der Waals surface area (Å²) in [5.41, 5.74) is 2.91. The van der Waals surface area contributed by atoms with E-state index in [1.807, 2.05) is 0 Å². The second kappa shape index (κ2) is 5.18. The molecule has 0 nitrogen and oxygen atoms in total. The Labute approximate surface area is 77.4 Å². The van der Waals surface area contributed by atoms with Crippen molar-refractivity contribution in [2.45, 2.75) is 41.5 Å². The maximum absolute atomic E-state index is 2.24. The molecule has 0 heteroatoms. The Balaban J connectivity index is 4.27. The van der Waals surface area contributed by atoms with E-state index in [-0.39, 0.29) is 0 Å². The fourth-order valence-electron chi connectivity index (χ4n) is 0.648. The zero-order valence-electron chi connectivity index (χ0n) is 9.31. The third-order valence-electron chi connectivity index (χ3n) is 2.43. The largest absolute Gasteiger partial charge is 0.0708 e. The molecule has 0 fully saturated rings. The number of hydrogen-bond donors (Lipinski definition) is 0. The summed E-state index contributed by atoms with van der Waals surface area (Å²) < 4.78 is 0. The molecule has 0 N–H and O–H groups in total. The van der Waals surface area contributed by atoms with E-state index in [0.29, 0.717) is 11.8 Å². The predicted octanol–water partition coefficient (Wildman–Crippen LogP) is 4.19. The van der Waals surface area contributed by atoms with Gasteiger partial charge in [0.25, 0.3) is 0 Å². The molecule has 0 aliphatic heterocycles. The van der Waals surface area contributed by atoms with Crippen LogP contribution in [0.4, 0.5) is 0 Å². The molecule has 0 unspecified atom stereocenters. The summed E-state index contributed by atoms with van der Waals surface area (Å²) in [6.07, 6.45) is 4.47. The van der Waals surface area contributed by atoms with E-state index in [9.17, 15) is 0 Å². The highest BCUT2D eigenvalue weighted by Crippen LogP contribution is 2.12. The van der Waals surface area contributed by atoms with Crippen LogP contribution in [0.15, 0.2) is 23.3 Å². The Bertz CT molecular complexity index is 158. The van der Waals surface area contributed by atoms with Crippen molar-refractivity contribution in [1.29, 1.82) is 0 Å². The van der Waals surface area contributed by atoms with Crippen molar-refractivity contribution in [2.24, 2.45) is 11.8 Å². The Hall–Kier alpha value is -0.520. The van der Waals surface area contributed by atoms with Crippen molar-refractivity contribution >= 4 is 0 Å². The van der Waals surface area contributed by atoms with Gasteiger partial charge in [0.05, 0.1) is 0 Å². The maximum atomic E-state index is 2.24. The molecular weight excluding hydrogens is 144 g/mol. The van der Waals surface area contributed by atoms with Gasteiger partial charge in [0.1, 0.15) is 0 Å². The van der Waals surface area contributed by atoms with Crippen molar-refractivity contribution in [3.05, 3.63) is 23.3 Å². The van der Waals surface area contributed by atoms with Crippen LogP contribution in [0, 0.1) is 11.8 Å². The van der Waals surface area contributed by atoms with Gasteiger partial charge in [-0.25, -0.2) is 0 Å². The summed E-state index contributed by atoms with van der Waals surface area (Å²) >= 11 is 0. The second-order valence-corrected chi connectivity index (χ2v) is 4.13. The van der Waals surface area contributed by atoms with Crippen LogP contribution in [0.25, 0.3) is 0 Å². The molecule has 0 bridgehead atoms. The zero-order chi connectivity index (χ0) is 9.72. The van der Waals surface area contributed by atoms with Crippen LogP contribution >= 0.6 is 0 Å². The average molecular weight is 166 g/mol. The second-order valence-electron chi connectivity index (χ2n) is 4.13. The van der Waals surface area contributed by atoms with Crippen LogP contribution in [-0.4, -0.2) is 0 Å². The molecule has 0 heterocycles. The minimum atomic E-state index is 0.668. The van der Waals surface area contributed by atoms with Crippen molar-refractivity contribution in [2.75, 3.05) is 0 Å². The Morgan fingerprint density at radius 3 is 1.17 bits per heavy atom. The molecule has 0 aromatic heterocycles. The summed E-state index contributed by atoms with van der Waals surface area (Å²) in [5, 5.41) is 0. The van der Waals surface area contributed by atoms with Gasteiger partial charge in [0, 0.05) is 0 Å². The highest BCUT2D eigenvalue weighted by molar-refractivity contribution is 5.17. The van der Waals surface area contributed by atoms with E-state index in [0.717, 1.165) is 0 Å². The van der Waals surface area contributed by atoms with Gasteiger partial charge in [-0.15, -0.1) is 0 Å². The first kappa shape index (κ1) is 11.5. The standard InChI is InChI=1S/C12H22/c1-9(2)11(5)7-8-12(6)10(3)4/h7-10H,1-6H3/b11-7+,12-8+. The van der Waals surface area contributed by atoms with Gasteiger partial charge in [-0.2, -0.15) is 0 Å². The molecule has 0 radical (unpaired) electrons. The fourth-order valence-corrected chi connectivity index (χ4v) is 0.648. The minimum Gasteiger partial charge on any atom is -0.0708 e. The van der Waals surface area contributed by atoms with Crippen molar-refractivity contribution in [3.8, 4) is 0 Å². The highest BCUT2D eigenvalue weighted by atomic mass is 14.0.